The van der Waals surface area contributed by atoms with Gasteiger partial charge in [0.1, 0.15) is 5.75 Å². The number of pyridine rings is 1. The first-order chi connectivity index (χ1) is 9.19. The third-order valence-corrected chi connectivity index (χ3v) is 2.92. The van der Waals surface area contributed by atoms with Crippen LogP contribution in [0.2, 0.25) is 0 Å². The molecular formula is C15H18N2O2. The van der Waals surface area contributed by atoms with Crippen LogP contribution in [0.15, 0.2) is 36.4 Å². The summed E-state index contributed by atoms with van der Waals surface area (Å²) in [5.41, 5.74) is 3.58. The van der Waals surface area contributed by atoms with Crippen molar-refractivity contribution >= 4 is 0 Å². The molecule has 0 fully saturated rings. The molecule has 0 amide bonds. The van der Waals surface area contributed by atoms with E-state index in [2.05, 4.69) is 10.3 Å². The zero-order chi connectivity index (χ0) is 13.7. The molecule has 0 bridgehead atoms. The molecule has 100 valence electrons. The van der Waals surface area contributed by atoms with Crippen LogP contribution < -0.4 is 5.32 Å². The van der Waals surface area contributed by atoms with E-state index in [1.165, 1.54) is 0 Å². The second-order valence-corrected chi connectivity index (χ2v) is 4.50. The van der Waals surface area contributed by atoms with E-state index in [0.717, 1.165) is 16.8 Å². The van der Waals surface area contributed by atoms with Crippen LogP contribution in [0.1, 0.15) is 22.5 Å². The first kappa shape index (κ1) is 13.5. The summed E-state index contributed by atoms with van der Waals surface area (Å²) in [5, 5.41) is 21.9. The fraction of sp³-hybridized carbons (Fsp3) is 0.267. The number of nitrogens with one attached hydrogen (secondary N) is 1. The lowest BCUT2D eigenvalue weighted by Crippen LogP contribution is -2.14. The molecule has 3 N–H and O–H groups in total. The Labute approximate surface area is 112 Å². The van der Waals surface area contributed by atoms with Gasteiger partial charge in [-0.05, 0) is 30.2 Å². The molecule has 0 aliphatic carbocycles. The van der Waals surface area contributed by atoms with Gasteiger partial charge in [0.2, 0.25) is 0 Å². The van der Waals surface area contributed by atoms with Gasteiger partial charge in [-0.2, -0.15) is 0 Å². The lowest BCUT2D eigenvalue weighted by atomic mass is 10.1. The number of nitrogens with zero attached hydrogens (tertiary/aromatic N) is 1. The van der Waals surface area contributed by atoms with Crippen LogP contribution in [0.3, 0.4) is 0 Å². The lowest BCUT2D eigenvalue weighted by Gasteiger charge is -2.07. The van der Waals surface area contributed by atoms with E-state index in [0.29, 0.717) is 18.8 Å². The third-order valence-electron chi connectivity index (χ3n) is 2.92. The van der Waals surface area contributed by atoms with Crippen molar-refractivity contribution in [2.75, 3.05) is 0 Å². The standard InChI is InChI=1S/C15H18N2O2/c1-11-2-7-15(19)14(17-11)9-16-8-12-3-5-13(10-18)6-4-12/h2-7,16,18-19H,8-10H2,1H3. The largest absolute Gasteiger partial charge is 0.506 e. The van der Waals surface area contributed by atoms with Crippen LogP contribution in [0.5, 0.6) is 5.75 Å². The van der Waals surface area contributed by atoms with Crippen molar-refractivity contribution in [1.82, 2.24) is 10.3 Å². The summed E-state index contributed by atoms with van der Waals surface area (Å²) in [7, 11) is 0. The monoisotopic (exact) mass is 258 g/mol. The summed E-state index contributed by atoms with van der Waals surface area (Å²) >= 11 is 0. The highest BCUT2D eigenvalue weighted by Gasteiger charge is 2.02. The Morgan fingerprint density at radius 1 is 1.00 bits per heavy atom. The van der Waals surface area contributed by atoms with Crippen molar-refractivity contribution in [3.63, 3.8) is 0 Å². The molecule has 2 aromatic rings. The molecule has 4 nitrogen and oxygen atoms in total. The van der Waals surface area contributed by atoms with Crippen molar-refractivity contribution < 1.29 is 10.2 Å². The molecule has 19 heavy (non-hydrogen) atoms. The summed E-state index contributed by atoms with van der Waals surface area (Å²) < 4.78 is 0. The lowest BCUT2D eigenvalue weighted by molar-refractivity contribution is 0.282. The highest BCUT2D eigenvalue weighted by Crippen LogP contribution is 2.14. The number of aryl methyl sites for hydroxylation is 1. The Bertz CT molecular complexity index is 538. The summed E-state index contributed by atoms with van der Waals surface area (Å²) in [6, 6.07) is 11.2. The smallest absolute Gasteiger partial charge is 0.138 e. The van der Waals surface area contributed by atoms with Crippen molar-refractivity contribution in [3.05, 3.63) is 58.9 Å². The van der Waals surface area contributed by atoms with Crippen LogP contribution in [0, 0.1) is 6.92 Å². The van der Waals surface area contributed by atoms with Gasteiger partial charge in [0.25, 0.3) is 0 Å². The minimum atomic E-state index is 0.0643. The fourth-order valence-corrected chi connectivity index (χ4v) is 1.82. The molecule has 0 radical (unpaired) electrons. The number of aliphatic hydroxyl groups excluding tert-OH is 1. The Morgan fingerprint density at radius 2 is 1.68 bits per heavy atom. The molecule has 0 saturated carbocycles. The summed E-state index contributed by atoms with van der Waals surface area (Å²) in [5.74, 6) is 0.216. The number of aromatic hydroxyl groups is 1. The Kier molecular flexibility index (Phi) is 4.49. The van der Waals surface area contributed by atoms with E-state index < -0.39 is 0 Å². The zero-order valence-electron chi connectivity index (χ0n) is 10.9. The van der Waals surface area contributed by atoms with E-state index in [4.69, 9.17) is 5.11 Å². The Hall–Kier alpha value is -1.91. The number of benzene rings is 1. The van der Waals surface area contributed by atoms with Gasteiger partial charge in [-0.15, -0.1) is 0 Å². The number of aromatic nitrogens is 1. The van der Waals surface area contributed by atoms with Crippen molar-refractivity contribution in [3.8, 4) is 5.75 Å². The predicted molar refractivity (Wildman–Crippen MR) is 73.5 cm³/mol. The van der Waals surface area contributed by atoms with Crippen LogP contribution >= 0.6 is 0 Å². The molecule has 0 spiro atoms. The average Bonchev–Trinajstić information content (AvgIpc) is 2.43. The molecule has 0 atom stereocenters. The van der Waals surface area contributed by atoms with Gasteiger partial charge in [-0.1, -0.05) is 24.3 Å². The molecule has 1 heterocycles. The van der Waals surface area contributed by atoms with Gasteiger partial charge in [0.05, 0.1) is 12.3 Å². The van der Waals surface area contributed by atoms with Crippen molar-refractivity contribution in [2.45, 2.75) is 26.6 Å². The topological polar surface area (TPSA) is 65.4 Å². The van der Waals surface area contributed by atoms with Gasteiger partial charge in [0, 0.05) is 18.8 Å². The molecule has 0 aliphatic rings. The summed E-state index contributed by atoms with van der Waals surface area (Å²) in [6.07, 6.45) is 0. The molecular weight excluding hydrogens is 240 g/mol. The highest BCUT2D eigenvalue weighted by molar-refractivity contribution is 5.27. The van der Waals surface area contributed by atoms with Gasteiger partial charge in [-0.25, -0.2) is 0 Å². The van der Waals surface area contributed by atoms with E-state index in [-0.39, 0.29) is 12.4 Å². The number of rotatable bonds is 5. The van der Waals surface area contributed by atoms with Gasteiger partial charge >= 0.3 is 0 Å². The summed E-state index contributed by atoms with van der Waals surface area (Å²) in [6.45, 7) is 3.18. The predicted octanol–water partition coefficient (Wildman–Crippen LogP) is 1.88. The van der Waals surface area contributed by atoms with Crippen molar-refractivity contribution in [2.24, 2.45) is 0 Å². The fourth-order valence-electron chi connectivity index (χ4n) is 1.82. The first-order valence-electron chi connectivity index (χ1n) is 6.24. The number of hydrogen-bond acceptors (Lipinski definition) is 4. The van der Waals surface area contributed by atoms with E-state index in [1.54, 1.807) is 12.1 Å². The maximum Gasteiger partial charge on any atom is 0.138 e. The summed E-state index contributed by atoms with van der Waals surface area (Å²) in [4.78, 5) is 4.29. The molecule has 0 aliphatic heterocycles. The maximum atomic E-state index is 9.67. The van der Waals surface area contributed by atoms with E-state index in [1.807, 2.05) is 31.2 Å². The van der Waals surface area contributed by atoms with Crippen molar-refractivity contribution in [1.29, 1.82) is 0 Å². The molecule has 0 saturated heterocycles. The second kappa shape index (κ2) is 6.31. The molecule has 1 aromatic heterocycles. The normalized spacial score (nSPS) is 10.6. The molecule has 1 aromatic carbocycles. The third kappa shape index (κ3) is 3.77. The maximum absolute atomic E-state index is 9.67. The van der Waals surface area contributed by atoms with E-state index >= 15 is 0 Å². The van der Waals surface area contributed by atoms with Crippen LogP contribution in [-0.4, -0.2) is 15.2 Å². The SMILES string of the molecule is Cc1ccc(O)c(CNCc2ccc(CO)cc2)n1. The van der Waals surface area contributed by atoms with Crippen LogP contribution in [-0.2, 0) is 19.7 Å². The Balaban J connectivity index is 1.90. The second-order valence-electron chi connectivity index (χ2n) is 4.50. The van der Waals surface area contributed by atoms with Gasteiger partial charge in [-0.3, -0.25) is 4.98 Å². The minimum Gasteiger partial charge on any atom is -0.506 e. The van der Waals surface area contributed by atoms with Gasteiger partial charge in [0.15, 0.2) is 0 Å². The number of hydrogen-bond donors (Lipinski definition) is 3. The minimum absolute atomic E-state index is 0.0643. The molecule has 2 rings (SSSR count). The zero-order valence-corrected chi connectivity index (χ0v) is 10.9. The van der Waals surface area contributed by atoms with Crippen LogP contribution in [0.25, 0.3) is 0 Å². The van der Waals surface area contributed by atoms with E-state index in [9.17, 15) is 5.11 Å². The molecule has 0 unspecified atom stereocenters. The average molecular weight is 258 g/mol. The molecule has 4 heteroatoms. The van der Waals surface area contributed by atoms with Gasteiger partial charge < -0.3 is 15.5 Å². The van der Waals surface area contributed by atoms with Crippen LogP contribution in [0.4, 0.5) is 0 Å². The quantitative estimate of drug-likeness (QED) is 0.766. The highest BCUT2D eigenvalue weighted by atomic mass is 16.3. The first-order valence-corrected chi connectivity index (χ1v) is 6.24. The Morgan fingerprint density at radius 3 is 2.37 bits per heavy atom. The number of aliphatic hydroxyl groups is 1.